The van der Waals surface area contributed by atoms with Gasteiger partial charge in [0.25, 0.3) is 5.91 Å². The van der Waals surface area contributed by atoms with Gasteiger partial charge in [-0.1, -0.05) is 0 Å². The Morgan fingerprint density at radius 2 is 2.09 bits per heavy atom. The molecule has 0 aliphatic carbocycles. The molecule has 0 radical (unpaired) electrons. The third-order valence-corrected chi connectivity index (χ3v) is 3.04. The van der Waals surface area contributed by atoms with Crippen molar-refractivity contribution in [3.05, 3.63) is 59.9 Å². The number of pyridine rings is 1. The van der Waals surface area contributed by atoms with Crippen molar-refractivity contribution in [1.82, 2.24) is 24.7 Å². The summed E-state index contributed by atoms with van der Waals surface area (Å²) < 4.78 is 1.71. The van der Waals surface area contributed by atoms with Crippen LogP contribution in [0.3, 0.4) is 0 Å². The first-order valence-corrected chi connectivity index (χ1v) is 6.70. The molecule has 0 saturated heterocycles. The smallest absolute Gasteiger partial charge is 0.258 e. The number of hydrogen-bond acceptors (Lipinski definition) is 5. The van der Waals surface area contributed by atoms with Gasteiger partial charge in [-0.3, -0.25) is 9.78 Å². The molecule has 0 fully saturated rings. The molecule has 0 aromatic carbocycles. The summed E-state index contributed by atoms with van der Waals surface area (Å²) in [6, 6.07) is 7.02. The van der Waals surface area contributed by atoms with E-state index in [1.54, 1.807) is 29.1 Å². The molecule has 0 aliphatic heterocycles. The summed E-state index contributed by atoms with van der Waals surface area (Å²) in [5, 5.41) is 7.09. The monoisotopic (exact) mass is 294 g/mol. The summed E-state index contributed by atoms with van der Waals surface area (Å²) in [7, 11) is 0. The van der Waals surface area contributed by atoms with Gasteiger partial charge in [-0.25, -0.2) is 14.6 Å². The molecule has 0 aliphatic rings. The maximum absolute atomic E-state index is 12.1. The van der Waals surface area contributed by atoms with Crippen LogP contribution in [0.5, 0.6) is 0 Å². The molecule has 3 heterocycles. The second-order valence-corrected chi connectivity index (χ2v) is 4.80. The Balaban J connectivity index is 1.86. The van der Waals surface area contributed by atoms with Crippen LogP contribution >= 0.6 is 0 Å². The van der Waals surface area contributed by atoms with Crippen LogP contribution in [0.1, 0.15) is 21.7 Å². The number of anilines is 1. The number of amides is 1. The summed E-state index contributed by atoms with van der Waals surface area (Å²) in [6.45, 7) is 3.85. The van der Waals surface area contributed by atoms with Crippen molar-refractivity contribution in [1.29, 1.82) is 0 Å². The minimum Gasteiger partial charge on any atom is -0.306 e. The van der Waals surface area contributed by atoms with E-state index in [2.05, 4.69) is 25.4 Å². The highest BCUT2D eigenvalue weighted by Gasteiger charge is 2.10. The Labute approximate surface area is 127 Å². The van der Waals surface area contributed by atoms with Crippen LogP contribution in [0, 0.1) is 13.8 Å². The van der Waals surface area contributed by atoms with Crippen LogP contribution < -0.4 is 5.32 Å². The van der Waals surface area contributed by atoms with E-state index in [-0.39, 0.29) is 5.91 Å². The van der Waals surface area contributed by atoms with Crippen molar-refractivity contribution >= 4 is 11.7 Å². The molecule has 3 rings (SSSR count). The van der Waals surface area contributed by atoms with Crippen LogP contribution in [0.25, 0.3) is 5.82 Å². The SMILES string of the molecule is Cc1cc(C)n(-c2cc(NC(=O)c3cccnc3)ncn2)n1. The van der Waals surface area contributed by atoms with Gasteiger partial charge in [0.1, 0.15) is 12.1 Å². The van der Waals surface area contributed by atoms with Gasteiger partial charge in [-0.2, -0.15) is 5.10 Å². The zero-order valence-corrected chi connectivity index (χ0v) is 12.2. The molecule has 0 spiro atoms. The Morgan fingerprint density at radius 1 is 1.23 bits per heavy atom. The summed E-state index contributed by atoms with van der Waals surface area (Å²) in [4.78, 5) is 24.3. The van der Waals surface area contributed by atoms with Gasteiger partial charge >= 0.3 is 0 Å². The Kier molecular flexibility index (Phi) is 3.61. The Hall–Kier alpha value is -3.09. The fraction of sp³-hybridized carbons (Fsp3) is 0.133. The van der Waals surface area contributed by atoms with Gasteiger partial charge in [0, 0.05) is 24.2 Å². The van der Waals surface area contributed by atoms with Crippen molar-refractivity contribution in [2.24, 2.45) is 0 Å². The Bertz CT molecular complexity index is 812. The number of aromatic nitrogens is 5. The van der Waals surface area contributed by atoms with E-state index in [1.807, 2.05) is 19.9 Å². The summed E-state index contributed by atoms with van der Waals surface area (Å²) in [5.74, 6) is 0.736. The van der Waals surface area contributed by atoms with E-state index in [4.69, 9.17) is 0 Å². The van der Waals surface area contributed by atoms with Gasteiger partial charge in [0.15, 0.2) is 5.82 Å². The lowest BCUT2D eigenvalue weighted by atomic mass is 10.3. The molecule has 110 valence electrons. The van der Waals surface area contributed by atoms with Crippen LogP contribution in [-0.4, -0.2) is 30.6 Å². The molecule has 1 N–H and O–H groups in total. The molecule has 1 amide bonds. The van der Waals surface area contributed by atoms with E-state index in [1.165, 1.54) is 12.5 Å². The molecule has 22 heavy (non-hydrogen) atoms. The maximum Gasteiger partial charge on any atom is 0.258 e. The maximum atomic E-state index is 12.1. The zero-order chi connectivity index (χ0) is 15.5. The average molecular weight is 294 g/mol. The normalized spacial score (nSPS) is 10.5. The van der Waals surface area contributed by atoms with Crippen LogP contribution in [0.2, 0.25) is 0 Å². The fourth-order valence-electron chi connectivity index (χ4n) is 2.08. The topological polar surface area (TPSA) is 85.6 Å². The molecule has 0 saturated carbocycles. The third kappa shape index (κ3) is 2.83. The summed E-state index contributed by atoms with van der Waals surface area (Å²) >= 11 is 0. The number of nitrogens with one attached hydrogen (secondary N) is 1. The Morgan fingerprint density at radius 3 is 2.77 bits per heavy atom. The second kappa shape index (κ2) is 5.72. The molecule has 0 atom stereocenters. The van der Waals surface area contributed by atoms with Gasteiger partial charge in [-0.15, -0.1) is 0 Å². The fourth-order valence-corrected chi connectivity index (χ4v) is 2.08. The molecule has 7 heteroatoms. The highest BCUT2D eigenvalue weighted by Crippen LogP contribution is 2.13. The number of aryl methyl sites for hydroxylation is 2. The van der Waals surface area contributed by atoms with Crippen LogP contribution in [0.15, 0.2) is 43.0 Å². The van der Waals surface area contributed by atoms with Crippen molar-refractivity contribution in [3.8, 4) is 5.82 Å². The number of hydrogen-bond donors (Lipinski definition) is 1. The first-order valence-electron chi connectivity index (χ1n) is 6.70. The van der Waals surface area contributed by atoms with E-state index < -0.39 is 0 Å². The van der Waals surface area contributed by atoms with Gasteiger partial charge in [-0.05, 0) is 32.0 Å². The first kappa shape index (κ1) is 13.9. The highest BCUT2D eigenvalue weighted by atomic mass is 16.1. The highest BCUT2D eigenvalue weighted by molar-refractivity contribution is 6.03. The van der Waals surface area contributed by atoms with Crippen molar-refractivity contribution in [2.45, 2.75) is 13.8 Å². The lowest BCUT2D eigenvalue weighted by molar-refractivity contribution is 0.102. The lowest BCUT2D eigenvalue weighted by Crippen LogP contribution is -2.14. The van der Waals surface area contributed by atoms with Crippen LogP contribution in [0.4, 0.5) is 5.82 Å². The quantitative estimate of drug-likeness (QED) is 0.797. The number of carbonyl (C=O) groups is 1. The third-order valence-electron chi connectivity index (χ3n) is 3.04. The molecule has 3 aromatic rings. The van der Waals surface area contributed by atoms with Gasteiger partial charge in [0.05, 0.1) is 11.3 Å². The van der Waals surface area contributed by atoms with E-state index >= 15 is 0 Å². The largest absolute Gasteiger partial charge is 0.306 e. The van der Waals surface area contributed by atoms with Gasteiger partial charge < -0.3 is 5.32 Å². The van der Waals surface area contributed by atoms with Crippen molar-refractivity contribution in [3.63, 3.8) is 0 Å². The molecular weight excluding hydrogens is 280 g/mol. The van der Waals surface area contributed by atoms with Crippen LogP contribution in [-0.2, 0) is 0 Å². The molecule has 0 bridgehead atoms. The second-order valence-electron chi connectivity index (χ2n) is 4.80. The molecule has 7 nitrogen and oxygen atoms in total. The average Bonchev–Trinajstić information content (AvgIpc) is 2.87. The zero-order valence-electron chi connectivity index (χ0n) is 12.2. The molecular formula is C15H14N6O. The lowest BCUT2D eigenvalue weighted by Gasteiger charge is -2.07. The predicted octanol–water partition coefficient (Wildman–Crippen LogP) is 1.93. The number of nitrogens with zero attached hydrogens (tertiary/aromatic N) is 5. The standard InChI is InChI=1S/C15H14N6O/c1-10-6-11(2)21(20-10)14-7-13(17-9-18-14)19-15(22)12-4-3-5-16-8-12/h3-9H,1-2H3,(H,17,18,19,22). The van der Waals surface area contributed by atoms with E-state index in [0.29, 0.717) is 17.2 Å². The van der Waals surface area contributed by atoms with Gasteiger partial charge in [0.2, 0.25) is 0 Å². The summed E-state index contributed by atoms with van der Waals surface area (Å²) in [6.07, 6.45) is 4.51. The molecule has 0 unspecified atom stereocenters. The predicted molar refractivity (Wildman–Crippen MR) is 80.8 cm³/mol. The first-order chi connectivity index (χ1) is 10.6. The van der Waals surface area contributed by atoms with Crippen molar-refractivity contribution in [2.75, 3.05) is 5.32 Å². The summed E-state index contributed by atoms with van der Waals surface area (Å²) in [5.41, 5.74) is 2.33. The molecule has 3 aromatic heterocycles. The van der Waals surface area contributed by atoms with Crippen molar-refractivity contribution < 1.29 is 4.79 Å². The number of carbonyl (C=O) groups excluding carboxylic acids is 1. The van der Waals surface area contributed by atoms with E-state index in [9.17, 15) is 4.79 Å². The minimum absolute atomic E-state index is 0.272. The number of rotatable bonds is 3. The minimum atomic E-state index is -0.272. The van der Waals surface area contributed by atoms with E-state index in [0.717, 1.165) is 11.4 Å².